The van der Waals surface area contributed by atoms with E-state index in [4.69, 9.17) is 11.5 Å². The fraction of sp³-hybridized carbons (Fsp3) is 0.455. The average Bonchev–Trinajstić information content (AvgIpc) is 3.06. The summed E-state index contributed by atoms with van der Waals surface area (Å²) in [5.74, 6) is 2.82. The van der Waals surface area contributed by atoms with Gasteiger partial charge in [-0.3, -0.25) is 0 Å². The molecule has 5 rings (SSSR count). The van der Waals surface area contributed by atoms with Gasteiger partial charge in [-0.25, -0.2) is 0 Å². The normalized spacial score (nSPS) is 16.5. The van der Waals surface area contributed by atoms with Gasteiger partial charge < -0.3 is 11.5 Å². The summed E-state index contributed by atoms with van der Waals surface area (Å²) in [4.78, 5) is 0. The molecule has 244 valence electrons. The van der Waals surface area contributed by atoms with Crippen LogP contribution in [0.4, 0.5) is 11.4 Å². The summed E-state index contributed by atoms with van der Waals surface area (Å²) in [5, 5.41) is 0. The van der Waals surface area contributed by atoms with E-state index in [1.807, 2.05) is 12.1 Å². The number of anilines is 2. The zero-order chi connectivity index (χ0) is 32.6. The molecule has 0 aromatic heterocycles. The first kappa shape index (κ1) is 33.8. The molecule has 0 heterocycles. The largest absolute Gasteiger partial charge is 0.399 e. The molecule has 0 amide bonds. The van der Waals surface area contributed by atoms with E-state index in [1.54, 1.807) is 0 Å². The highest BCUT2D eigenvalue weighted by molar-refractivity contribution is 5.49. The molecule has 3 atom stereocenters. The third-order valence-corrected chi connectivity index (χ3v) is 11.3. The topological polar surface area (TPSA) is 52.0 Å². The van der Waals surface area contributed by atoms with E-state index in [0.29, 0.717) is 17.8 Å². The smallest absolute Gasteiger partial charge is 0.0316 e. The van der Waals surface area contributed by atoms with Gasteiger partial charge in [0.2, 0.25) is 0 Å². The molecule has 0 saturated heterocycles. The summed E-state index contributed by atoms with van der Waals surface area (Å²) in [6.45, 7) is 11.3. The van der Waals surface area contributed by atoms with Crippen LogP contribution in [0.15, 0.2) is 84.9 Å². The molecule has 2 heteroatoms. The maximum absolute atomic E-state index is 6.06. The van der Waals surface area contributed by atoms with Crippen LogP contribution in [0.1, 0.15) is 147 Å². The van der Waals surface area contributed by atoms with E-state index >= 15 is 0 Å². The van der Waals surface area contributed by atoms with Crippen molar-refractivity contribution in [2.45, 2.75) is 117 Å². The van der Waals surface area contributed by atoms with Crippen LogP contribution in [0, 0.1) is 25.7 Å². The minimum absolute atomic E-state index is 0.329. The van der Waals surface area contributed by atoms with Gasteiger partial charge in [-0.2, -0.15) is 0 Å². The summed E-state index contributed by atoms with van der Waals surface area (Å²) in [7, 11) is 0. The molecular weight excluding hydrogens is 556 g/mol. The molecule has 4 N–H and O–H groups in total. The number of nitrogens with two attached hydrogens (primary N) is 2. The van der Waals surface area contributed by atoms with Gasteiger partial charge >= 0.3 is 0 Å². The van der Waals surface area contributed by atoms with E-state index in [2.05, 4.69) is 107 Å². The molecule has 0 aliphatic heterocycles. The molecule has 1 saturated carbocycles. The Morgan fingerprint density at radius 3 is 1.48 bits per heavy atom. The summed E-state index contributed by atoms with van der Waals surface area (Å²) in [5.41, 5.74) is 24.6. The van der Waals surface area contributed by atoms with Crippen LogP contribution in [0.2, 0.25) is 0 Å². The van der Waals surface area contributed by atoms with Crippen LogP contribution in [-0.4, -0.2) is 0 Å². The summed E-state index contributed by atoms with van der Waals surface area (Å²) < 4.78 is 0. The van der Waals surface area contributed by atoms with Gasteiger partial charge in [-0.1, -0.05) is 133 Å². The molecule has 0 bridgehead atoms. The molecule has 46 heavy (non-hydrogen) atoms. The number of hydrogen-bond donors (Lipinski definition) is 2. The van der Waals surface area contributed by atoms with Crippen molar-refractivity contribution in [1.82, 2.24) is 0 Å². The molecule has 4 aromatic rings. The van der Waals surface area contributed by atoms with Gasteiger partial charge in [0.05, 0.1) is 0 Å². The maximum Gasteiger partial charge on any atom is 0.0316 e. The predicted octanol–water partition coefficient (Wildman–Crippen LogP) is 12.1. The Balaban J connectivity index is 1.42. The Labute approximate surface area is 280 Å². The molecule has 2 nitrogen and oxygen atoms in total. The molecular formula is C44H58N2. The Morgan fingerprint density at radius 1 is 0.587 bits per heavy atom. The van der Waals surface area contributed by atoms with Gasteiger partial charge in [-0.15, -0.1) is 0 Å². The summed E-state index contributed by atoms with van der Waals surface area (Å²) in [6, 6.07) is 31.8. The number of rotatable bonds is 13. The minimum Gasteiger partial charge on any atom is -0.399 e. The molecule has 1 aliphatic carbocycles. The highest BCUT2D eigenvalue weighted by Crippen LogP contribution is 2.40. The van der Waals surface area contributed by atoms with Gasteiger partial charge in [-0.05, 0) is 107 Å². The van der Waals surface area contributed by atoms with Crippen molar-refractivity contribution in [3.05, 3.63) is 129 Å². The lowest BCUT2D eigenvalue weighted by Crippen LogP contribution is -2.19. The van der Waals surface area contributed by atoms with Crippen LogP contribution < -0.4 is 11.5 Å². The number of unbranched alkanes of at least 4 members (excludes halogenated alkanes) is 1. The average molecular weight is 615 g/mol. The van der Waals surface area contributed by atoms with E-state index in [-0.39, 0.29) is 0 Å². The summed E-state index contributed by atoms with van der Waals surface area (Å²) in [6.07, 6.45) is 13.7. The molecule has 1 fully saturated rings. The molecule has 0 radical (unpaired) electrons. The van der Waals surface area contributed by atoms with Crippen molar-refractivity contribution in [3.8, 4) is 0 Å². The van der Waals surface area contributed by atoms with Crippen molar-refractivity contribution < 1.29 is 0 Å². The van der Waals surface area contributed by atoms with Gasteiger partial charge in [0, 0.05) is 29.1 Å². The molecule has 4 aromatic carbocycles. The standard InChI is InChI=1S/C44H58N2/c1-6-7-11-37(36-12-9-8-10-13-36)22-25-44(38-18-14-34(15-19-38)32(4)42-26-23-40(45)28-30(42)2)39-20-16-35(17-21-39)33(5)43-27-24-41(46)29-31(43)3/h14-21,23-24,26-29,32-33,36-37,44H,6-13,22,25,45-46H2,1-5H3. The first-order valence-corrected chi connectivity index (χ1v) is 18.2. The fourth-order valence-corrected chi connectivity index (χ4v) is 8.36. The fourth-order valence-electron chi connectivity index (χ4n) is 8.36. The number of benzene rings is 4. The van der Waals surface area contributed by atoms with E-state index in [9.17, 15) is 0 Å². The second-order valence-electron chi connectivity index (χ2n) is 14.4. The van der Waals surface area contributed by atoms with Crippen molar-refractivity contribution in [2.75, 3.05) is 11.5 Å². The van der Waals surface area contributed by atoms with E-state index in [0.717, 1.165) is 23.2 Å². The molecule has 1 aliphatic rings. The van der Waals surface area contributed by atoms with Gasteiger partial charge in [0.25, 0.3) is 0 Å². The van der Waals surface area contributed by atoms with Crippen molar-refractivity contribution in [2.24, 2.45) is 11.8 Å². The SMILES string of the molecule is CCCCC(CCC(c1ccc(C(C)c2ccc(N)cc2C)cc1)c1ccc(C(C)c2ccc(N)cc2C)cc1)C1CCCCC1. The van der Waals surface area contributed by atoms with E-state index < -0.39 is 0 Å². The second kappa shape index (κ2) is 15.9. The predicted molar refractivity (Wildman–Crippen MR) is 200 cm³/mol. The summed E-state index contributed by atoms with van der Waals surface area (Å²) >= 11 is 0. The Kier molecular flexibility index (Phi) is 11.7. The first-order chi connectivity index (χ1) is 22.2. The number of nitrogen functional groups attached to an aromatic ring is 2. The molecule has 0 spiro atoms. The van der Waals surface area contributed by atoms with Crippen molar-refractivity contribution in [1.29, 1.82) is 0 Å². The zero-order valence-corrected chi connectivity index (χ0v) is 29.2. The Morgan fingerprint density at radius 2 is 1.04 bits per heavy atom. The van der Waals surface area contributed by atoms with Crippen LogP contribution in [-0.2, 0) is 0 Å². The lowest BCUT2D eigenvalue weighted by atomic mass is 9.74. The highest BCUT2D eigenvalue weighted by atomic mass is 14.5. The highest BCUT2D eigenvalue weighted by Gasteiger charge is 2.25. The first-order valence-electron chi connectivity index (χ1n) is 18.2. The number of hydrogen-bond acceptors (Lipinski definition) is 2. The quantitative estimate of drug-likeness (QED) is 0.147. The Hall–Kier alpha value is -3.52. The Bertz CT molecular complexity index is 1430. The molecule has 3 unspecified atom stereocenters. The van der Waals surface area contributed by atoms with Crippen LogP contribution in [0.25, 0.3) is 0 Å². The third kappa shape index (κ3) is 8.24. The maximum atomic E-state index is 6.06. The zero-order valence-electron chi connectivity index (χ0n) is 29.2. The lowest BCUT2D eigenvalue weighted by Gasteiger charge is -2.32. The lowest BCUT2D eigenvalue weighted by molar-refractivity contribution is 0.215. The van der Waals surface area contributed by atoms with Crippen molar-refractivity contribution in [3.63, 3.8) is 0 Å². The monoisotopic (exact) mass is 614 g/mol. The van der Waals surface area contributed by atoms with Crippen LogP contribution in [0.3, 0.4) is 0 Å². The van der Waals surface area contributed by atoms with Crippen LogP contribution in [0.5, 0.6) is 0 Å². The second-order valence-corrected chi connectivity index (χ2v) is 14.4. The van der Waals surface area contributed by atoms with Gasteiger partial charge in [0.15, 0.2) is 0 Å². The van der Waals surface area contributed by atoms with Gasteiger partial charge in [0.1, 0.15) is 0 Å². The number of aryl methyl sites for hydroxylation is 2. The van der Waals surface area contributed by atoms with Crippen LogP contribution >= 0.6 is 0 Å². The third-order valence-electron chi connectivity index (χ3n) is 11.3. The van der Waals surface area contributed by atoms with Crippen molar-refractivity contribution >= 4 is 11.4 Å². The van der Waals surface area contributed by atoms with E-state index in [1.165, 1.54) is 109 Å². The minimum atomic E-state index is 0.329.